The molecule has 0 unspecified atom stereocenters. The lowest BCUT2D eigenvalue weighted by Gasteiger charge is -2.07. The van der Waals surface area contributed by atoms with Gasteiger partial charge in [0, 0.05) is 11.6 Å². The summed E-state index contributed by atoms with van der Waals surface area (Å²) in [5.74, 6) is 0.597. The van der Waals surface area contributed by atoms with Crippen molar-refractivity contribution in [3.05, 3.63) is 59.4 Å². The zero-order chi connectivity index (χ0) is 20.4. The van der Waals surface area contributed by atoms with Gasteiger partial charge in [-0.3, -0.25) is 0 Å². The molecule has 6 nitrogen and oxygen atoms in total. The number of hydrogen-bond acceptors (Lipinski definition) is 6. The van der Waals surface area contributed by atoms with E-state index >= 15 is 0 Å². The molecule has 0 atom stereocenters. The molecular weight excluding hydrogens is 373 g/mol. The molecular formula is C22H20FN3O3. The third kappa shape index (κ3) is 4.03. The van der Waals surface area contributed by atoms with Crippen LogP contribution in [0.1, 0.15) is 24.5 Å². The van der Waals surface area contributed by atoms with Crippen LogP contribution in [0.4, 0.5) is 4.39 Å². The summed E-state index contributed by atoms with van der Waals surface area (Å²) in [5.41, 5.74) is 3.09. The van der Waals surface area contributed by atoms with Gasteiger partial charge in [0.25, 0.3) is 11.6 Å². The molecule has 4 rings (SSSR count). The van der Waals surface area contributed by atoms with E-state index in [2.05, 4.69) is 15.0 Å². The summed E-state index contributed by atoms with van der Waals surface area (Å²) in [6, 6.07) is 12.4. The molecule has 148 valence electrons. The van der Waals surface area contributed by atoms with Crippen LogP contribution >= 0.6 is 0 Å². The predicted octanol–water partition coefficient (Wildman–Crippen LogP) is 5.62. The Hall–Kier alpha value is -3.48. The van der Waals surface area contributed by atoms with Crippen molar-refractivity contribution in [2.75, 3.05) is 6.61 Å². The van der Waals surface area contributed by atoms with Gasteiger partial charge in [0.1, 0.15) is 11.6 Å². The minimum absolute atomic E-state index is 0.00111. The van der Waals surface area contributed by atoms with Gasteiger partial charge in [0.2, 0.25) is 5.89 Å². The minimum Gasteiger partial charge on any atom is -0.476 e. The highest BCUT2D eigenvalue weighted by molar-refractivity contribution is 5.78. The van der Waals surface area contributed by atoms with Gasteiger partial charge in [-0.05, 0) is 44.0 Å². The van der Waals surface area contributed by atoms with Crippen LogP contribution in [0.15, 0.2) is 46.9 Å². The summed E-state index contributed by atoms with van der Waals surface area (Å²) >= 11 is 0. The van der Waals surface area contributed by atoms with Crippen LogP contribution in [-0.4, -0.2) is 21.6 Å². The summed E-state index contributed by atoms with van der Waals surface area (Å²) in [6.45, 7) is 6.12. The van der Waals surface area contributed by atoms with Crippen LogP contribution in [0.3, 0.4) is 0 Å². The molecule has 0 bridgehead atoms. The first-order valence-corrected chi connectivity index (χ1v) is 9.36. The van der Waals surface area contributed by atoms with Crippen molar-refractivity contribution in [1.82, 2.24) is 15.0 Å². The fourth-order valence-corrected chi connectivity index (χ4v) is 2.77. The van der Waals surface area contributed by atoms with Crippen molar-refractivity contribution in [2.45, 2.75) is 27.2 Å². The molecule has 4 aromatic rings. The highest BCUT2D eigenvalue weighted by atomic mass is 19.1. The quantitative estimate of drug-likeness (QED) is 0.423. The molecule has 7 heteroatoms. The highest BCUT2D eigenvalue weighted by Crippen LogP contribution is 2.31. The van der Waals surface area contributed by atoms with E-state index in [1.807, 2.05) is 38.1 Å². The topological polar surface area (TPSA) is 70.3 Å². The molecule has 0 amide bonds. The normalized spacial score (nSPS) is 11.0. The van der Waals surface area contributed by atoms with E-state index in [0.717, 1.165) is 17.5 Å². The first-order valence-electron chi connectivity index (χ1n) is 9.36. The number of aromatic nitrogens is 3. The molecule has 0 aliphatic heterocycles. The largest absolute Gasteiger partial charge is 0.476 e. The van der Waals surface area contributed by atoms with Gasteiger partial charge < -0.3 is 13.9 Å². The third-order valence-corrected chi connectivity index (χ3v) is 4.27. The molecule has 29 heavy (non-hydrogen) atoms. The lowest BCUT2D eigenvalue weighted by Crippen LogP contribution is -2.01. The average Bonchev–Trinajstić information content (AvgIpc) is 3.13. The molecule has 0 aliphatic rings. The SMILES string of the molecule is CCCOc1nc(Oc2ccc(C)c(F)c2)nc2oc(-c3cccc(C)c3)nc12. The molecule has 2 aromatic heterocycles. The van der Waals surface area contributed by atoms with E-state index in [4.69, 9.17) is 13.9 Å². The van der Waals surface area contributed by atoms with Crippen LogP contribution < -0.4 is 9.47 Å². The van der Waals surface area contributed by atoms with Gasteiger partial charge in [-0.15, -0.1) is 0 Å². The Morgan fingerprint density at radius 3 is 2.66 bits per heavy atom. The van der Waals surface area contributed by atoms with Gasteiger partial charge in [-0.2, -0.15) is 9.97 Å². The summed E-state index contributed by atoms with van der Waals surface area (Å²) in [5, 5.41) is 0. The molecule has 0 aliphatic carbocycles. The van der Waals surface area contributed by atoms with E-state index in [1.165, 1.54) is 6.07 Å². The lowest BCUT2D eigenvalue weighted by atomic mass is 10.1. The maximum Gasteiger partial charge on any atom is 0.328 e. The highest BCUT2D eigenvalue weighted by Gasteiger charge is 2.19. The number of hydrogen-bond donors (Lipinski definition) is 0. The second-order valence-electron chi connectivity index (χ2n) is 6.72. The van der Waals surface area contributed by atoms with E-state index in [1.54, 1.807) is 19.1 Å². The van der Waals surface area contributed by atoms with E-state index < -0.39 is 0 Å². The maximum absolute atomic E-state index is 13.8. The van der Waals surface area contributed by atoms with Crippen molar-refractivity contribution in [3.8, 4) is 29.1 Å². The number of ether oxygens (including phenoxy) is 2. The van der Waals surface area contributed by atoms with Gasteiger partial charge in [-0.1, -0.05) is 30.7 Å². The Balaban J connectivity index is 1.76. The van der Waals surface area contributed by atoms with E-state index in [0.29, 0.717) is 23.6 Å². The second kappa shape index (κ2) is 7.87. The van der Waals surface area contributed by atoms with Crippen molar-refractivity contribution in [2.24, 2.45) is 0 Å². The fraction of sp³-hybridized carbons (Fsp3) is 0.227. The summed E-state index contributed by atoms with van der Waals surface area (Å²) in [6.07, 6.45) is 0.799. The van der Waals surface area contributed by atoms with E-state index in [-0.39, 0.29) is 29.2 Å². The minimum atomic E-state index is -0.368. The predicted molar refractivity (Wildman–Crippen MR) is 107 cm³/mol. The van der Waals surface area contributed by atoms with Crippen molar-refractivity contribution < 1.29 is 18.3 Å². The fourth-order valence-electron chi connectivity index (χ4n) is 2.77. The maximum atomic E-state index is 13.8. The Kier molecular flexibility index (Phi) is 5.12. The molecule has 2 aromatic carbocycles. The van der Waals surface area contributed by atoms with Crippen LogP contribution in [0.2, 0.25) is 0 Å². The van der Waals surface area contributed by atoms with Gasteiger partial charge in [0.05, 0.1) is 6.61 Å². The number of aryl methyl sites for hydroxylation is 2. The Morgan fingerprint density at radius 1 is 1.03 bits per heavy atom. The van der Waals surface area contributed by atoms with Crippen LogP contribution in [-0.2, 0) is 0 Å². The average molecular weight is 393 g/mol. The number of nitrogens with zero attached hydrogens (tertiary/aromatic N) is 3. The summed E-state index contributed by atoms with van der Waals surface area (Å²) in [7, 11) is 0. The summed E-state index contributed by atoms with van der Waals surface area (Å²) in [4.78, 5) is 13.1. The van der Waals surface area contributed by atoms with E-state index in [9.17, 15) is 4.39 Å². The molecule has 0 radical (unpaired) electrons. The molecule has 0 saturated heterocycles. The van der Waals surface area contributed by atoms with Crippen molar-refractivity contribution in [1.29, 1.82) is 0 Å². The van der Waals surface area contributed by atoms with Gasteiger partial charge in [-0.25, -0.2) is 9.37 Å². The first-order chi connectivity index (χ1) is 14.0. The number of rotatable bonds is 6. The number of oxazole rings is 1. The van der Waals surface area contributed by atoms with Gasteiger partial charge >= 0.3 is 6.01 Å². The lowest BCUT2D eigenvalue weighted by molar-refractivity contribution is 0.302. The van der Waals surface area contributed by atoms with Crippen molar-refractivity contribution in [3.63, 3.8) is 0 Å². The van der Waals surface area contributed by atoms with Crippen molar-refractivity contribution >= 4 is 11.2 Å². The Morgan fingerprint density at radius 2 is 1.90 bits per heavy atom. The number of benzene rings is 2. The molecule has 2 heterocycles. The molecule has 0 fully saturated rings. The smallest absolute Gasteiger partial charge is 0.328 e. The van der Waals surface area contributed by atoms with Crippen LogP contribution in [0.25, 0.3) is 22.7 Å². The number of halogens is 1. The standard InChI is InChI=1S/C22H20FN3O3/c1-4-10-27-20-18-21(29-19(24-18)15-7-5-6-13(2)11-15)26-22(25-20)28-16-9-8-14(3)17(23)12-16/h5-9,11-12H,4,10H2,1-3H3. The third-order valence-electron chi connectivity index (χ3n) is 4.27. The van der Waals surface area contributed by atoms with Gasteiger partial charge in [0.15, 0.2) is 5.52 Å². The Labute approximate surface area is 167 Å². The Bertz CT molecular complexity index is 1170. The van der Waals surface area contributed by atoms with Crippen LogP contribution in [0, 0.1) is 19.7 Å². The first kappa shape index (κ1) is 18.9. The second-order valence-corrected chi connectivity index (χ2v) is 6.72. The summed E-state index contributed by atoms with van der Waals surface area (Å²) < 4.78 is 31.1. The van der Waals surface area contributed by atoms with Crippen LogP contribution in [0.5, 0.6) is 17.6 Å². The zero-order valence-corrected chi connectivity index (χ0v) is 16.4. The molecule has 0 saturated carbocycles. The number of fused-ring (bicyclic) bond motifs is 1. The molecule has 0 N–H and O–H groups in total. The zero-order valence-electron chi connectivity index (χ0n) is 16.4. The monoisotopic (exact) mass is 393 g/mol. The molecule has 0 spiro atoms.